The highest BCUT2D eigenvalue weighted by Crippen LogP contribution is 2.17. The number of benzene rings is 1. The Kier molecular flexibility index (Phi) is 4.73. The van der Waals surface area contributed by atoms with Crippen LogP contribution in [0.3, 0.4) is 0 Å². The van der Waals surface area contributed by atoms with Gasteiger partial charge >= 0.3 is 5.97 Å². The van der Waals surface area contributed by atoms with Gasteiger partial charge in [0.25, 0.3) is 5.56 Å². The maximum Gasteiger partial charge on any atom is 0.316 e. The second-order valence-corrected chi connectivity index (χ2v) is 6.78. The fourth-order valence-electron chi connectivity index (χ4n) is 1.86. The highest BCUT2D eigenvalue weighted by Gasteiger charge is 2.10. The molecule has 0 saturated heterocycles. The van der Waals surface area contributed by atoms with E-state index in [9.17, 15) is 9.59 Å². The van der Waals surface area contributed by atoms with Crippen LogP contribution in [0.25, 0.3) is 4.96 Å². The van der Waals surface area contributed by atoms with Crippen molar-refractivity contribution >= 4 is 34.0 Å². The van der Waals surface area contributed by atoms with Crippen LogP contribution in [0, 0.1) is 6.92 Å². The van der Waals surface area contributed by atoms with Crippen molar-refractivity contribution in [2.75, 3.05) is 5.75 Å². The summed E-state index contributed by atoms with van der Waals surface area (Å²) in [7, 11) is 0. The lowest BCUT2D eigenvalue weighted by Gasteiger charge is -2.02. The van der Waals surface area contributed by atoms with Gasteiger partial charge < -0.3 is 4.74 Å². The molecule has 0 amide bonds. The molecular weight excluding hydrogens is 334 g/mol. The Morgan fingerprint density at radius 2 is 2.13 bits per heavy atom. The lowest BCUT2D eigenvalue weighted by Crippen LogP contribution is -2.14. The van der Waals surface area contributed by atoms with E-state index in [1.165, 1.54) is 33.7 Å². The van der Waals surface area contributed by atoms with Crippen LogP contribution in [0.15, 0.2) is 46.1 Å². The molecule has 6 nitrogen and oxygen atoms in total. The molecule has 2 aromatic heterocycles. The monoisotopic (exact) mass is 347 g/mol. The minimum absolute atomic E-state index is 0.0424. The van der Waals surface area contributed by atoms with Crippen LogP contribution < -0.4 is 5.56 Å². The Labute approximate surface area is 140 Å². The Balaban J connectivity index is 1.59. The van der Waals surface area contributed by atoms with Crippen molar-refractivity contribution in [3.05, 3.63) is 57.5 Å². The van der Waals surface area contributed by atoms with Crippen molar-refractivity contribution in [1.82, 2.24) is 14.6 Å². The number of thioether (sulfide) groups is 1. The summed E-state index contributed by atoms with van der Waals surface area (Å²) in [6.07, 6.45) is 0. The summed E-state index contributed by atoms with van der Waals surface area (Å²) in [5.41, 5.74) is 0.405. The summed E-state index contributed by atoms with van der Waals surface area (Å²) in [4.78, 5) is 29.3. The average Bonchev–Trinajstić information content (AvgIpc) is 2.95. The number of nitrogens with zero attached hydrogens (tertiary/aromatic N) is 3. The van der Waals surface area contributed by atoms with Crippen LogP contribution in [0.4, 0.5) is 0 Å². The van der Waals surface area contributed by atoms with Crippen molar-refractivity contribution in [3.63, 3.8) is 0 Å². The third kappa shape index (κ3) is 3.96. The Bertz CT molecular complexity index is 890. The van der Waals surface area contributed by atoms with E-state index < -0.39 is 0 Å². The van der Waals surface area contributed by atoms with Gasteiger partial charge in [0.1, 0.15) is 6.61 Å². The van der Waals surface area contributed by atoms with E-state index in [2.05, 4.69) is 10.1 Å². The van der Waals surface area contributed by atoms with Gasteiger partial charge in [-0.25, -0.2) is 4.98 Å². The van der Waals surface area contributed by atoms with Crippen molar-refractivity contribution in [1.29, 1.82) is 0 Å². The lowest BCUT2D eigenvalue weighted by atomic mass is 10.4. The number of ether oxygens (including phenoxy) is 1. The number of carbonyl (C=O) groups is 1. The molecule has 0 fully saturated rings. The van der Waals surface area contributed by atoms with Crippen LogP contribution in [0.1, 0.15) is 10.7 Å². The number of carbonyl (C=O) groups excluding carboxylic acids is 1. The number of esters is 1. The van der Waals surface area contributed by atoms with Crippen LogP contribution in [-0.4, -0.2) is 26.3 Å². The first kappa shape index (κ1) is 15.7. The zero-order valence-electron chi connectivity index (χ0n) is 12.3. The van der Waals surface area contributed by atoms with Crippen molar-refractivity contribution < 1.29 is 9.53 Å². The molecule has 1 aromatic carbocycles. The number of hydrogen-bond acceptors (Lipinski definition) is 7. The molecule has 3 aromatic rings. The van der Waals surface area contributed by atoms with E-state index in [1.807, 2.05) is 30.3 Å². The third-order valence-corrected chi connectivity index (χ3v) is 4.74. The quantitative estimate of drug-likeness (QED) is 0.521. The maximum absolute atomic E-state index is 11.8. The first-order chi connectivity index (χ1) is 11.1. The summed E-state index contributed by atoms with van der Waals surface area (Å²) >= 11 is 2.65. The fourth-order valence-corrected chi connectivity index (χ4v) is 3.44. The van der Waals surface area contributed by atoms with Gasteiger partial charge in [-0.05, 0) is 19.1 Å². The smallest absolute Gasteiger partial charge is 0.316 e. The minimum Gasteiger partial charge on any atom is -0.458 e. The van der Waals surface area contributed by atoms with E-state index in [0.29, 0.717) is 15.7 Å². The summed E-state index contributed by atoms with van der Waals surface area (Å²) in [6.45, 7) is 1.79. The summed E-state index contributed by atoms with van der Waals surface area (Å²) < 4.78 is 6.42. The number of hydrogen-bond donors (Lipinski definition) is 0. The van der Waals surface area contributed by atoms with Gasteiger partial charge in [0.15, 0.2) is 5.01 Å². The van der Waals surface area contributed by atoms with E-state index in [4.69, 9.17) is 4.74 Å². The van der Waals surface area contributed by atoms with Gasteiger partial charge in [0.2, 0.25) is 4.96 Å². The molecule has 0 atom stereocenters. The molecule has 0 unspecified atom stereocenters. The molecule has 118 valence electrons. The zero-order chi connectivity index (χ0) is 16.2. The normalized spacial score (nSPS) is 10.8. The highest BCUT2D eigenvalue weighted by molar-refractivity contribution is 8.00. The topological polar surface area (TPSA) is 73.6 Å². The van der Waals surface area contributed by atoms with Crippen LogP contribution in [0.5, 0.6) is 0 Å². The van der Waals surface area contributed by atoms with Gasteiger partial charge in [-0.1, -0.05) is 29.5 Å². The van der Waals surface area contributed by atoms with Crippen LogP contribution in [-0.2, 0) is 16.1 Å². The molecule has 0 aliphatic carbocycles. The second-order valence-electron chi connectivity index (χ2n) is 4.69. The first-order valence-corrected chi connectivity index (χ1v) is 8.62. The first-order valence-electron chi connectivity index (χ1n) is 6.82. The lowest BCUT2D eigenvalue weighted by molar-refractivity contribution is -0.141. The van der Waals surface area contributed by atoms with Gasteiger partial charge in [0.05, 0.1) is 5.75 Å². The molecule has 0 bridgehead atoms. The average molecular weight is 347 g/mol. The standard InChI is InChI=1S/C15H13N3O3S2/c1-10-7-13(19)18-15(16-10)23-12(17-18)8-21-14(20)9-22-11-5-3-2-4-6-11/h2-7H,8-9H2,1H3. The van der Waals surface area contributed by atoms with E-state index in [-0.39, 0.29) is 23.9 Å². The van der Waals surface area contributed by atoms with Crippen molar-refractivity contribution in [2.24, 2.45) is 0 Å². The van der Waals surface area contributed by atoms with E-state index in [0.717, 1.165) is 4.90 Å². The number of aryl methyl sites for hydroxylation is 1. The molecule has 0 spiro atoms. The zero-order valence-corrected chi connectivity index (χ0v) is 13.9. The Hall–Kier alpha value is -2.19. The molecule has 0 saturated carbocycles. The molecule has 3 rings (SSSR count). The maximum atomic E-state index is 11.8. The molecule has 0 aliphatic rings. The van der Waals surface area contributed by atoms with Gasteiger partial charge in [0, 0.05) is 16.7 Å². The van der Waals surface area contributed by atoms with Crippen molar-refractivity contribution in [3.8, 4) is 0 Å². The minimum atomic E-state index is -0.324. The SMILES string of the molecule is Cc1cc(=O)n2nc(COC(=O)CSc3ccccc3)sc2n1. The summed E-state index contributed by atoms with van der Waals surface area (Å²) in [5, 5.41) is 4.66. The molecule has 8 heteroatoms. The van der Waals surface area contributed by atoms with E-state index >= 15 is 0 Å². The Morgan fingerprint density at radius 1 is 1.35 bits per heavy atom. The third-order valence-electron chi connectivity index (χ3n) is 2.87. The van der Waals surface area contributed by atoms with Crippen LogP contribution >= 0.6 is 23.1 Å². The number of fused-ring (bicyclic) bond motifs is 1. The van der Waals surface area contributed by atoms with E-state index in [1.54, 1.807) is 6.92 Å². The highest BCUT2D eigenvalue weighted by atomic mass is 32.2. The predicted molar refractivity (Wildman–Crippen MR) is 88.8 cm³/mol. The molecule has 0 N–H and O–H groups in total. The second kappa shape index (κ2) is 6.93. The molecular formula is C15H13N3O3S2. The molecule has 0 radical (unpaired) electrons. The summed E-state index contributed by atoms with van der Waals surface area (Å²) in [6, 6.07) is 11.0. The summed E-state index contributed by atoms with van der Waals surface area (Å²) in [5.74, 6) is -0.0961. The van der Waals surface area contributed by atoms with Gasteiger partial charge in [-0.2, -0.15) is 9.61 Å². The largest absolute Gasteiger partial charge is 0.458 e. The van der Waals surface area contributed by atoms with Crippen LogP contribution in [0.2, 0.25) is 0 Å². The Morgan fingerprint density at radius 3 is 2.91 bits per heavy atom. The number of rotatable bonds is 5. The van der Waals surface area contributed by atoms with Crippen molar-refractivity contribution in [2.45, 2.75) is 18.4 Å². The molecule has 2 heterocycles. The fraction of sp³-hybridized carbons (Fsp3) is 0.200. The molecule has 23 heavy (non-hydrogen) atoms. The number of aromatic nitrogens is 3. The van der Waals surface area contributed by atoms with Gasteiger partial charge in [-0.3, -0.25) is 9.59 Å². The van der Waals surface area contributed by atoms with Gasteiger partial charge in [-0.15, -0.1) is 11.8 Å². The molecule has 0 aliphatic heterocycles. The predicted octanol–water partition coefficient (Wildman–Crippen LogP) is 2.29.